The largest absolute Gasteiger partial charge is 0.506 e. The average molecular weight is 690 g/mol. The number of hydrogen-bond donors (Lipinski definition) is 6. The highest BCUT2D eigenvalue weighted by molar-refractivity contribution is 5.91. The van der Waals surface area contributed by atoms with Crippen LogP contribution in [0.25, 0.3) is 22.0 Å². The Morgan fingerprint density at radius 2 is 1.63 bits per heavy atom. The van der Waals surface area contributed by atoms with Crippen LogP contribution in [0, 0.1) is 0 Å². The molecule has 1 fully saturated rings. The monoisotopic (exact) mass is 689 g/mol. The first-order valence-corrected chi connectivity index (χ1v) is 17.2. The number of amides is 2. The molecule has 264 valence electrons. The van der Waals surface area contributed by atoms with Gasteiger partial charge in [-0.3, -0.25) is 14.9 Å². The number of rotatable bonds is 13. The molecular formula is C40H43N5O6. The lowest BCUT2D eigenvalue weighted by atomic mass is 10.0. The highest BCUT2D eigenvalue weighted by Crippen LogP contribution is 2.29. The molecule has 0 aliphatic carbocycles. The molecule has 1 saturated heterocycles. The van der Waals surface area contributed by atoms with Crippen LogP contribution in [-0.2, 0) is 22.6 Å². The van der Waals surface area contributed by atoms with Crippen molar-refractivity contribution in [3.8, 4) is 16.9 Å². The lowest BCUT2D eigenvalue weighted by Crippen LogP contribution is -2.40. The summed E-state index contributed by atoms with van der Waals surface area (Å²) in [6, 6.07) is 31.5. The molecule has 5 aromatic rings. The molecule has 0 spiro atoms. The number of aromatic amines is 1. The molecule has 1 aromatic heterocycles. The Kier molecular flexibility index (Phi) is 11.7. The summed E-state index contributed by atoms with van der Waals surface area (Å²) in [4.78, 5) is 41.9. The van der Waals surface area contributed by atoms with Crippen molar-refractivity contribution in [2.45, 2.75) is 44.6 Å². The van der Waals surface area contributed by atoms with Gasteiger partial charge in [0.25, 0.3) is 0 Å². The minimum Gasteiger partial charge on any atom is -0.506 e. The number of phenolic OH excluding ortho intramolecular Hbond substituents is 1. The maximum Gasteiger partial charge on any atom is 0.411 e. The van der Waals surface area contributed by atoms with Gasteiger partial charge in [0.05, 0.1) is 17.3 Å². The van der Waals surface area contributed by atoms with E-state index < -0.39 is 12.2 Å². The molecule has 1 atom stereocenters. The summed E-state index contributed by atoms with van der Waals surface area (Å²) in [7, 11) is 0. The van der Waals surface area contributed by atoms with E-state index in [2.05, 4.69) is 25.8 Å². The van der Waals surface area contributed by atoms with Crippen molar-refractivity contribution in [2.75, 3.05) is 31.5 Å². The molecule has 2 heterocycles. The Morgan fingerprint density at radius 1 is 0.882 bits per heavy atom. The average Bonchev–Trinajstić information content (AvgIpc) is 3.15. The van der Waals surface area contributed by atoms with Crippen molar-refractivity contribution in [1.82, 2.24) is 20.5 Å². The molecule has 0 saturated carbocycles. The second kappa shape index (κ2) is 16.9. The number of pyridine rings is 1. The summed E-state index contributed by atoms with van der Waals surface area (Å²) >= 11 is 0. The standard InChI is InChI=1S/C40H43N5O6/c46-35-15-13-32(33-14-16-38(49)44-39(33)35)36(47)26-41-24-27-7-6-8-28(23-27)25-42-37(48)19-22-45-20-17-30(18-21-45)51-40(50)43-34-12-5-4-11-31(34)29-9-2-1-3-10-29/h1-16,23,30,36,41,46-47H,17-22,24-26H2,(H,42,48)(H,43,50)(H,44,49). The molecule has 1 unspecified atom stereocenters. The summed E-state index contributed by atoms with van der Waals surface area (Å²) in [5.41, 5.74) is 5.21. The van der Waals surface area contributed by atoms with E-state index in [-0.39, 0.29) is 29.9 Å². The Balaban J connectivity index is 0.885. The molecule has 4 aromatic carbocycles. The molecule has 11 nitrogen and oxygen atoms in total. The van der Waals surface area contributed by atoms with Gasteiger partial charge < -0.3 is 35.5 Å². The third kappa shape index (κ3) is 9.61. The zero-order valence-electron chi connectivity index (χ0n) is 28.3. The molecular weight excluding hydrogens is 646 g/mol. The summed E-state index contributed by atoms with van der Waals surface area (Å²) < 4.78 is 5.74. The minimum atomic E-state index is -0.854. The smallest absolute Gasteiger partial charge is 0.411 e. The molecule has 1 aliphatic heterocycles. The van der Waals surface area contributed by atoms with Crippen molar-refractivity contribution in [3.63, 3.8) is 0 Å². The first-order valence-electron chi connectivity index (χ1n) is 17.2. The number of carbonyl (C=O) groups excluding carboxylic acids is 2. The van der Waals surface area contributed by atoms with Crippen LogP contribution in [0.3, 0.4) is 0 Å². The predicted octanol–water partition coefficient (Wildman–Crippen LogP) is 5.44. The Bertz CT molecular complexity index is 2010. The van der Waals surface area contributed by atoms with E-state index >= 15 is 0 Å². The quantitative estimate of drug-likeness (QED) is 0.0955. The van der Waals surface area contributed by atoms with Gasteiger partial charge in [-0.1, -0.05) is 78.9 Å². The van der Waals surface area contributed by atoms with Gasteiger partial charge in [-0.2, -0.15) is 0 Å². The highest BCUT2D eigenvalue weighted by Gasteiger charge is 2.23. The van der Waals surface area contributed by atoms with Crippen LogP contribution in [-0.4, -0.2) is 64.4 Å². The third-order valence-corrected chi connectivity index (χ3v) is 9.13. The Morgan fingerprint density at radius 3 is 2.43 bits per heavy atom. The Labute approximate surface area is 296 Å². The van der Waals surface area contributed by atoms with Gasteiger partial charge in [0.1, 0.15) is 11.9 Å². The van der Waals surface area contributed by atoms with Gasteiger partial charge in [-0.05, 0) is 53.3 Å². The summed E-state index contributed by atoms with van der Waals surface area (Å²) in [5.74, 6) is -0.0788. The first-order chi connectivity index (χ1) is 24.8. The van der Waals surface area contributed by atoms with Crippen molar-refractivity contribution in [1.29, 1.82) is 0 Å². The fraction of sp³-hybridized carbons (Fsp3) is 0.275. The number of nitrogens with one attached hydrogen (secondary N) is 4. The SMILES string of the molecule is O=C(CCN1CCC(OC(=O)Nc2ccccc2-c2ccccc2)CC1)NCc1cccc(CNCC(O)c2ccc(O)c3[nH]c(=O)ccc23)c1. The van der Waals surface area contributed by atoms with Gasteiger partial charge in [-0.25, -0.2) is 4.79 Å². The van der Waals surface area contributed by atoms with Crippen molar-refractivity contribution in [3.05, 3.63) is 130 Å². The molecule has 6 N–H and O–H groups in total. The fourth-order valence-electron chi connectivity index (χ4n) is 6.41. The molecule has 11 heteroatoms. The topological polar surface area (TPSA) is 156 Å². The van der Waals surface area contributed by atoms with Gasteiger partial charge in [0, 0.05) is 62.7 Å². The van der Waals surface area contributed by atoms with Crippen LogP contribution < -0.4 is 21.5 Å². The summed E-state index contributed by atoms with van der Waals surface area (Å²) in [6.45, 7) is 3.31. The van der Waals surface area contributed by atoms with Gasteiger partial charge in [0.15, 0.2) is 0 Å². The van der Waals surface area contributed by atoms with E-state index in [0.717, 1.165) is 35.3 Å². The van der Waals surface area contributed by atoms with Gasteiger partial charge >= 0.3 is 6.09 Å². The maximum absolute atomic E-state index is 12.7. The zero-order chi connectivity index (χ0) is 35.6. The van der Waals surface area contributed by atoms with E-state index in [1.165, 1.54) is 12.1 Å². The second-order valence-electron chi connectivity index (χ2n) is 12.8. The van der Waals surface area contributed by atoms with Crippen LogP contribution in [0.5, 0.6) is 5.75 Å². The van der Waals surface area contributed by atoms with Crippen molar-refractivity contribution >= 4 is 28.6 Å². The van der Waals surface area contributed by atoms with Gasteiger partial charge in [0.2, 0.25) is 11.5 Å². The number of nitrogens with zero attached hydrogens (tertiary/aromatic N) is 1. The number of piperidine rings is 1. The van der Waals surface area contributed by atoms with E-state index in [0.29, 0.717) is 61.1 Å². The first kappa shape index (κ1) is 35.3. The van der Waals surface area contributed by atoms with Crippen LogP contribution in [0.2, 0.25) is 0 Å². The summed E-state index contributed by atoms with van der Waals surface area (Å²) in [6.07, 6.45) is 0.299. The molecule has 51 heavy (non-hydrogen) atoms. The number of aliphatic hydroxyl groups excluding tert-OH is 1. The third-order valence-electron chi connectivity index (χ3n) is 9.13. The fourth-order valence-corrected chi connectivity index (χ4v) is 6.41. The number of phenols is 1. The zero-order valence-corrected chi connectivity index (χ0v) is 28.3. The van der Waals surface area contributed by atoms with Crippen LogP contribution >= 0.6 is 0 Å². The summed E-state index contributed by atoms with van der Waals surface area (Å²) in [5, 5.41) is 30.7. The van der Waals surface area contributed by atoms with E-state index in [1.807, 2.05) is 78.9 Å². The van der Waals surface area contributed by atoms with Crippen LogP contribution in [0.1, 0.15) is 42.1 Å². The molecule has 0 radical (unpaired) electrons. The lowest BCUT2D eigenvalue weighted by Gasteiger charge is -2.31. The second-order valence-corrected chi connectivity index (χ2v) is 12.8. The number of ether oxygens (including phenoxy) is 1. The number of aromatic nitrogens is 1. The van der Waals surface area contributed by atoms with E-state index in [9.17, 15) is 24.6 Å². The predicted molar refractivity (Wildman–Crippen MR) is 197 cm³/mol. The number of benzene rings is 4. The molecule has 0 bridgehead atoms. The minimum absolute atomic E-state index is 0.0287. The molecule has 1 aliphatic rings. The number of anilines is 1. The number of H-pyrrole nitrogens is 1. The van der Waals surface area contributed by atoms with Crippen LogP contribution in [0.4, 0.5) is 10.5 Å². The Hall–Kier alpha value is -5.49. The lowest BCUT2D eigenvalue weighted by molar-refractivity contribution is -0.121. The maximum atomic E-state index is 12.7. The normalized spacial score (nSPS) is 14.2. The number of aromatic hydroxyl groups is 1. The number of aliphatic hydroxyl groups is 1. The highest BCUT2D eigenvalue weighted by atomic mass is 16.6. The number of para-hydroxylation sites is 1. The number of hydrogen-bond acceptors (Lipinski definition) is 8. The molecule has 6 rings (SSSR count). The number of carbonyl (C=O) groups is 2. The number of likely N-dealkylation sites (tertiary alicyclic amines) is 1. The van der Waals surface area contributed by atoms with E-state index in [1.54, 1.807) is 12.1 Å². The van der Waals surface area contributed by atoms with Crippen molar-refractivity contribution in [2.24, 2.45) is 0 Å². The van der Waals surface area contributed by atoms with E-state index in [4.69, 9.17) is 4.74 Å². The number of fused-ring (bicyclic) bond motifs is 1. The van der Waals surface area contributed by atoms with Crippen molar-refractivity contribution < 1.29 is 24.5 Å². The van der Waals surface area contributed by atoms with Gasteiger partial charge in [-0.15, -0.1) is 0 Å². The van der Waals surface area contributed by atoms with Crippen LogP contribution in [0.15, 0.2) is 108 Å². The molecule has 2 amide bonds.